The number of hydrogen-bond donors (Lipinski definition) is 1. The third kappa shape index (κ3) is 3.52. The lowest BCUT2D eigenvalue weighted by atomic mass is 9.99. The minimum Gasteiger partial charge on any atom is -0.398 e. The minimum absolute atomic E-state index is 0.708. The SMILES string of the molecule is Cc1ccccc1-c1cccc(P(c2ccccc2)c2ccccc2)c1N. The topological polar surface area (TPSA) is 26.0 Å². The van der Waals surface area contributed by atoms with Gasteiger partial charge in [0.05, 0.1) is 0 Å². The van der Waals surface area contributed by atoms with Gasteiger partial charge in [0.1, 0.15) is 0 Å². The van der Waals surface area contributed by atoms with Crippen molar-refractivity contribution in [3.63, 3.8) is 0 Å². The molecule has 1 nitrogen and oxygen atoms in total. The highest BCUT2D eigenvalue weighted by molar-refractivity contribution is 7.80. The van der Waals surface area contributed by atoms with Crippen LogP contribution >= 0.6 is 7.92 Å². The van der Waals surface area contributed by atoms with Crippen LogP contribution in [0.5, 0.6) is 0 Å². The highest BCUT2D eigenvalue weighted by Crippen LogP contribution is 2.38. The number of anilines is 1. The van der Waals surface area contributed by atoms with Gasteiger partial charge in [-0.05, 0) is 36.6 Å². The normalized spacial score (nSPS) is 10.9. The summed E-state index contributed by atoms with van der Waals surface area (Å²) in [6, 6.07) is 36.3. The number of rotatable bonds is 4. The van der Waals surface area contributed by atoms with Gasteiger partial charge in [-0.2, -0.15) is 0 Å². The molecule has 0 saturated heterocycles. The van der Waals surface area contributed by atoms with Crippen molar-refractivity contribution in [1.82, 2.24) is 0 Å². The Labute approximate surface area is 162 Å². The third-order valence-corrected chi connectivity index (χ3v) is 7.29. The maximum Gasteiger partial charge on any atom is 0.0478 e. The summed E-state index contributed by atoms with van der Waals surface area (Å²) in [5, 5.41) is 3.84. The molecule has 0 aliphatic heterocycles. The predicted molar refractivity (Wildman–Crippen MR) is 120 cm³/mol. The van der Waals surface area contributed by atoms with E-state index in [1.165, 1.54) is 27.0 Å². The Morgan fingerprint density at radius 1 is 0.556 bits per heavy atom. The van der Waals surface area contributed by atoms with Crippen LogP contribution in [0, 0.1) is 6.92 Å². The zero-order chi connectivity index (χ0) is 18.6. The summed E-state index contributed by atoms with van der Waals surface area (Å²) in [5.74, 6) is 0. The second kappa shape index (κ2) is 7.78. The molecule has 0 bridgehead atoms. The Bertz CT molecular complexity index is 1000. The lowest BCUT2D eigenvalue weighted by Crippen LogP contribution is -2.23. The van der Waals surface area contributed by atoms with Gasteiger partial charge < -0.3 is 5.73 Å². The van der Waals surface area contributed by atoms with E-state index in [2.05, 4.69) is 110 Å². The maximum absolute atomic E-state index is 6.78. The quantitative estimate of drug-likeness (QED) is 0.399. The molecule has 4 aromatic rings. The first kappa shape index (κ1) is 17.5. The molecule has 4 aromatic carbocycles. The molecule has 0 radical (unpaired) electrons. The molecular formula is C25H22NP. The van der Waals surface area contributed by atoms with Crippen LogP contribution in [-0.4, -0.2) is 0 Å². The average molecular weight is 367 g/mol. The summed E-state index contributed by atoms with van der Waals surface area (Å²) in [5.41, 5.74) is 11.2. The molecule has 2 N–H and O–H groups in total. The van der Waals surface area contributed by atoms with E-state index in [0.717, 1.165) is 11.3 Å². The summed E-state index contributed by atoms with van der Waals surface area (Å²) in [7, 11) is -0.708. The van der Waals surface area contributed by atoms with E-state index < -0.39 is 7.92 Å². The molecule has 0 aliphatic carbocycles. The summed E-state index contributed by atoms with van der Waals surface area (Å²) >= 11 is 0. The van der Waals surface area contributed by atoms with Crippen LogP contribution in [0.15, 0.2) is 103 Å². The second-order valence-electron chi connectivity index (χ2n) is 6.56. The van der Waals surface area contributed by atoms with E-state index >= 15 is 0 Å². The number of aryl methyl sites for hydroxylation is 1. The van der Waals surface area contributed by atoms with Gasteiger partial charge in [-0.25, -0.2) is 0 Å². The lowest BCUT2D eigenvalue weighted by Gasteiger charge is -2.22. The van der Waals surface area contributed by atoms with Gasteiger partial charge >= 0.3 is 0 Å². The predicted octanol–water partition coefficient (Wildman–Crippen LogP) is 5.00. The van der Waals surface area contributed by atoms with Gasteiger partial charge in [0.2, 0.25) is 0 Å². The largest absolute Gasteiger partial charge is 0.398 e. The van der Waals surface area contributed by atoms with Crippen molar-refractivity contribution in [3.8, 4) is 11.1 Å². The van der Waals surface area contributed by atoms with Gasteiger partial charge in [-0.1, -0.05) is 103 Å². The fourth-order valence-electron chi connectivity index (χ4n) is 3.44. The van der Waals surface area contributed by atoms with Crippen LogP contribution in [0.2, 0.25) is 0 Å². The lowest BCUT2D eigenvalue weighted by molar-refractivity contribution is 1.46. The molecule has 4 rings (SSSR count). The van der Waals surface area contributed by atoms with Crippen molar-refractivity contribution in [2.75, 3.05) is 5.73 Å². The van der Waals surface area contributed by atoms with Crippen LogP contribution in [-0.2, 0) is 0 Å². The highest BCUT2D eigenvalue weighted by atomic mass is 31.1. The van der Waals surface area contributed by atoms with Crippen molar-refractivity contribution in [1.29, 1.82) is 0 Å². The van der Waals surface area contributed by atoms with Crippen LogP contribution in [0.4, 0.5) is 5.69 Å². The number of nitrogens with two attached hydrogens (primary N) is 1. The smallest absolute Gasteiger partial charge is 0.0478 e. The minimum atomic E-state index is -0.708. The van der Waals surface area contributed by atoms with Crippen molar-refractivity contribution in [2.45, 2.75) is 6.92 Å². The molecule has 132 valence electrons. The Morgan fingerprint density at radius 2 is 1.07 bits per heavy atom. The number of para-hydroxylation sites is 1. The summed E-state index contributed by atoms with van der Waals surface area (Å²) in [6.07, 6.45) is 0. The Morgan fingerprint density at radius 3 is 1.67 bits per heavy atom. The van der Waals surface area contributed by atoms with Gasteiger partial charge in [0.15, 0.2) is 0 Å². The van der Waals surface area contributed by atoms with Crippen LogP contribution < -0.4 is 21.6 Å². The molecule has 0 unspecified atom stereocenters. The molecule has 27 heavy (non-hydrogen) atoms. The van der Waals surface area contributed by atoms with Crippen molar-refractivity contribution in [3.05, 3.63) is 109 Å². The monoisotopic (exact) mass is 367 g/mol. The first-order chi connectivity index (χ1) is 13.3. The number of hydrogen-bond acceptors (Lipinski definition) is 1. The number of benzene rings is 4. The Balaban J connectivity index is 1.92. The van der Waals surface area contributed by atoms with Gasteiger partial charge in [-0.3, -0.25) is 0 Å². The Kier molecular flexibility index (Phi) is 5.05. The second-order valence-corrected chi connectivity index (χ2v) is 8.75. The summed E-state index contributed by atoms with van der Waals surface area (Å²) in [4.78, 5) is 0. The van der Waals surface area contributed by atoms with E-state index in [1.54, 1.807) is 0 Å². The zero-order valence-electron chi connectivity index (χ0n) is 15.3. The Hall–Kier alpha value is -2.89. The fraction of sp³-hybridized carbons (Fsp3) is 0.0400. The van der Waals surface area contributed by atoms with E-state index in [0.29, 0.717) is 0 Å². The molecule has 0 aromatic heterocycles. The first-order valence-electron chi connectivity index (χ1n) is 9.10. The van der Waals surface area contributed by atoms with Gasteiger partial charge in [0.25, 0.3) is 0 Å². The molecule has 0 heterocycles. The molecule has 0 spiro atoms. The third-order valence-electron chi connectivity index (χ3n) is 4.79. The van der Waals surface area contributed by atoms with Crippen LogP contribution in [0.1, 0.15) is 5.56 Å². The summed E-state index contributed by atoms with van der Waals surface area (Å²) in [6.45, 7) is 2.14. The average Bonchev–Trinajstić information content (AvgIpc) is 2.72. The van der Waals surface area contributed by atoms with E-state index in [-0.39, 0.29) is 0 Å². The maximum atomic E-state index is 6.78. The van der Waals surface area contributed by atoms with Crippen molar-refractivity contribution in [2.24, 2.45) is 0 Å². The molecule has 2 heteroatoms. The van der Waals surface area contributed by atoms with E-state index in [4.69, 9.17) is 5.73 Å². The fourth-order valence-corrected chi connectivity index (χ4v) is 5.83. The molecule has 0 atom stereocenters. The van der Waals surface area contributed by atoms with Gasteiger partial charge in [0, 0.05) is 16.6 Å². The number of nitrogen functional groups attached to an aromatic ring is 1. The van der Waals surface area contributed by atoms with E-state index in [1.807, 2.05) is 0 Å². The molecule has 0 saturated carbocycles. The molecular weight excluding hydrogens is 345 g/mol. The summed E-state index contributed by atoms with van der Waals surface area (Å²) < 4.78 is 0. The molecule has 0 fully saturated rings. The highest BCUT2D eigenvalue weighted by Gasteiger charge is 2.20. The molecule has 0 amide bonds. The van der Waals surface area contributed by atoms with Crippen molar-refractivity contribution >= 4 is 29.5 Å². The van der Waals surface area contributed by atoms with Crippen molar-refractivity contribution < 1.29 is 0 Å². The first-order valence-corrected chi connectivity index (χ1v) is 10.4. The van der Waals surface area contributed by atoms with Gasteiger partial charge in [-0.15, -0.1) is 0 Å². The standard InChI is InChI=1S/C25H22NP/c1-19-11-8-9-16-22(19)23-17-10-18-24(25(23)26)27(20-12-4-2-5-13-20)21-14-6-3-7-15-21/h2-18H,26H2,1H3. The van der Waals surface area contributed by atoms with Crippen LogP contribution in [0.25, 0.3) is 11.1 Å². The zero-order valence-corrected chi connectivity index (χ0v) is 16.2. The van der Waals surface area contributed by atoms with E-state index in [9.17, 15) is 0 Å². The van der Waals surface area contributed by atoms with Crippen LogP contribution in [0.3, 0.4) is 0 Å². The molecule has 0 aliphatic rings.